The molecule has 24 heavy (non-hydrogen) atoms. The summed E-state index contributed by atoms with van der Waals surface area (Å²) in [5, 5.41) is 8.00. The van der Waals surface area contributed by atoms with Crippen LogP contribution in [0.4, 0.5) is 4.79 Å². The van der Waals surface area contributed by atoms with Gasteiger partial charge >= 0.3 is 29.6 Å². The molecule has 9 nitrogen and oxygen atoms in total. The van der Waals surface area contributed by atoms with Gasteiger partial charge in [0, 0.05) is 16.6 Å². The maximum absolute atomic E-state index is 11.2. The minimum Gasteiger partial charge on any atom is -0.435 e. The van der Waals surface area contributed by atoms with E-state index in [4.69, 9.17) is 4.42 Å². The van der Waals surface area contributed by atoms with Gasteiger partial charge in [-0.05, 0) is 12.1 Å². The van der Waals surface area contributed by atoms with Crippen molar-refractivity contribution >= 4 is 34.1 Å². The molecule has 1 aromatic heterocycles. The molecule has 2 aromatic rings. The molecule has 1 aromatic carbocycles. The molecule has 11 heteroatoms. The van der Waals surface area contributed by atoms with Gasteiger partial charge in [-0.1, -0.05) is 28.1 Å². The Hall–Kier alpha value is -1.56. The van der Waals surface area contributed by atoms with Crippen LogP contribution in [0.2, 0.25) is 0 Å². The molecule has 0 unspecified atom stereocenters. The van der Waals surface area contributed by atoms with Gasteiger partial charge in [-0.25, -0.2) is 4.98 Å². The molecule has 3 rings (SSSR count). The smallest absolute Gasteiger partial charge is 0.435 e. The third-order valence-corrected chi connectivity index (χ3v) is 3.21. The summed E-state index contributed by atoms with van der Waals surface area (Å²) in [7, 11) is 0. The predicted molar refractivity (Wildman–Crippen MR) is 84.9 cm³/mol. The van der Waals surface area contributed by atoms with Gasteiger partial charge in [0.25, 0.3) is 0 Å². The van der Waals surface area contributed by atoms with Gasteiger partial charge in [0.1, 0.15) is 0 Å². The zero-order valence-electron chi connectivity index (χ0n) is 12.6. The van der Waals surface area contributed by atoms with Crippen LogP contribution in [-0.4, -0.2) is 45.6 Å². The average Bonchev–Trinajstić information content (AvgIpc) is 3.04. The molecule has 3 amide bonds. The summed E-state index contributed by atoms with van der Waals surface area (Å²) < 4.78 is 6.47. The molecule has 1 aliphatic rings. The second-order valence-electron chi connectivity index (χ2n) is 4.16. The second-order valence-corrected chi connectivity index (χ2v) is 5.08. The van der Waals surface area contributed by atoms with Crippen LogP contribution in [0.15, 0.2) is 44.5 Å². The predicted octanol–water partition coefficient (Wildman–Crippen LogP) is -1.87. The second kappa shape index (κ2) is 9.67. The number of aromatic nitrogens is 1. The topological polar surface area (TPSA) is 153 Å². The van der Waals surface area contributed by atoms with Crippen molar-refractivity contribution in [3.8, 4) is 11.3 Å². The third kappa shape index (κ3) is 5.23. The minimum atomic E-state index is -0.684. The number of amides is 3. The van der Waals surface area contributed by atoms with E-state index in [9.17, 15) is 9.59 Å². The van der Waals surface area contributed by atoms with Crippen molar-refractivity contribution in [2.75, 3.05) is 6.54 Å². The van der Waals surface area contributed by atoms with Crippen LogP contribution in [0.1, 0.15) is 5.89 Å². The van der Waals surface area contributed by atoms with E-state index >= 15 is 0 Å². The van der Waals surface area contributed by atoms with E-state index in [-0.39, 0.29) is 52.9 Å². The fourth-order valence-electron chi connectivity index (χ4n) is 1.70. The number of hydrogen-bond donors (Lipinski definition) is 0. The standard InChI is InChI=1S/C13H9BrN4O3.Na.2H2O/c14-9-3-1-8(2-4-9)10-5-15-12(21-10)6-16-18-7-11(19)17-13(18)20;;;/h1-6H,7H2,(H,17,19,20);;2*1H2/q;+1;;/p-1/b16-6+;;;. The molecular formula is C13H12BrN4NaO5. The summed E-state index contributed by atoms with van der Waals surface area (Å²) in [5.41, 5.74) is 0.868. The Balaban J connectivity index is 0.00000176. The number of hydrogen-bond acceptors (Lipinski definition) is 5. The number of halogens is 1. The number of carbonyl (C=O) groups is 2. The summed E-state index contributed by atoms with van der Waals surface area (Å²) in [6, 6.07) is 6.86. The Morgan fingerprint density at radius 2 is 1.92 bits per heavy atom. The first-order valence-electron chi connectivity index (χ1n) is 5.93. The Morgan fingerprint density at radius 1 is 1.25 bits per heavy atom. The van der Waals surface area contributed by atoms with Crippen LogP contribution < -0.4 is 29.6 Å². The molecule has 0 aliphatic carbocycles. The van der Waals surface area contributed by atoms with E-state index in [1.807, 2.05) is 24.3 Å². The molecule has 0 bridgehead atoms. The number of imide groups is 1. The summed E-state index contributed by atoms with van der Waals surface area (Å²) in [5.74, 6) is 0.303. The van der Waals surface area contributed by atoms with Crippen LogP contribution in [0.3, 0.4) is 0 Å². The SMILES string of the molecule is O.O.O=C1CN(/N=C/c2ncc(-c3ccc(Br)cc3)o2)C(=O)[N-]1.[Na+]. The molecule has 1 aliphatic heterocycles. The van der Waals surface area contributed by atoms with E-state index in [0.717, 1.165) is 15.0 Å². The van der Waals surface area contributed by atoms with Crippen LogP contribution in [-0.2, 0) is 4.79 Å². The largest absolute Gasteiger partial charge is 1.00 e. The van der Waals surface area contributed by atoms with Gasteiger partial charge in [-0.2, -0.15) is 0 Å². The minimum absolute atomic E-state index is 0. The maximum Gasteiger partial charge on any atom is 1.00 e. The van der Waals surface area contributed by atoms with E-state index in [1.54, 1.807) is 6.20 Å². The van der Waals surface area contributed by atoms with Crippen molar-refractivity contribution < 1.29 is 54.5 Å². The number of benzene rings is 1. The normalized spacial score (nSPS) is 13.1. The maximum atomic E-state index is 11.2. The number of urea groups is 1. The van der Waals surface area contributed by atoms with Crippen LogP contribution in [0.25, 0.3) is 16.6 Å². The first-order chi connectivity index (χ1) is 10.1. The van der Waals surface area contributed by atoms with E-state index in [2.05, 4.69) is 31.3 Å². The molecule has 1 saturated heterocycles. The van der Waals surface area contributed by atoms with Crippen molar-refractivity contribution in [3.05, 3.63) is 46.1 Å². The average molecular weight is 407 g/mol. The molecule has 2 heterocycles. The van der Waals surface area contributed by atoms with E-state index < -0.39 is 11.9 Å². The zero-order valence-corrected chi connectivity index (χ0v) is 16.1. The zero-order chi connectivity index (χ0) is 14.8. The Bertz CT molecular complexity index is 734. The first-order valence-corrected chi connectivity index (χ1v) is 6.73. The van der Waals surface area contributed by atoms with Gasteiger partial charge in [0.2, 0.25) is 5.89 Å². The van der Waals surface area contributed by atoms with Crippen molar-refractivity contribution in [2.45, 2.75) is 0 Å². The van der Waals surface area contributed by atoms with E-state index in [0.29, 0.717) is 5.76 Å². The van der Waals surface area contributed by atoms with Crippen LogP contribution in [0.5, 0.6) is 0 Å². The van der Waals surface area contributed by atoms with Gasteiger partial charge in [-0.3, -0.25) is 14.7 Å². The van der Waals surface area contributed by atoms with E-state index in [1.165, 1.54) is 6.21 Å². The number of rotatable bonds is 3. The number of hydrazone groups is 1. The molecule has 122 valence electrons. The van der Waals surface area contributed by atoms with Crippen molar-refractivity contribution in [3.63, 3.8) is 0 Å². The molecule has 0 radical (unpaired) electrons. The molecular weight excluding hydrogens is 395 g/mol. The molecule has 4 N–H and O–H groups in total. The van der Waals surface area contributed by atoms with Crippen LogP contribution >= 0.6 is 15.9 Å². The number of nitrogens with zero attached hydrogens (tertiary/aromatic N) is 4. The fraction of sp³-hybridized carbons (Fsp3) is 0.0769. The van der Waals surface area contributed by atoms with Gasteiger partial charge in [0.15, 0.2) is 17.7 Å². The van der Waals surface area contributed by atoms with Gasteiger partial charge in [0.05, 0.1) is 12.4 Å². The summed E-state index contributed by atoms with van der Waals surface area (Å²) in [4.78, 5) is 26.2. The molecule has 0 spiro atoms. The number of oxazole rings is 1. The van der Waals surface area contributed by atoms with Crippen LogP contribution in [0, 0.1) is 0 Å². The third-order valence-electron chi connectivity index (χ3n) is 2.69. The quantitative estimate of drug-likeness (QED) is 0.332. The van der Waals surface area contributed by atoms with Crippen molar-refractivity contribution in [1.29, 1.82) is 0 Å². The first kappa shape index (κ1) is 22.4. The van der Waals surface area contributed by atoms with Gasteiger partial charge in [-0.15, -0.1) is 0 Å². The fourth-order valence-corrected chi connectivity index (χ4v) is 1.96. The van der Waals surface area contributed by atoms with Crippen molar-refractivity contribution in [2.24, 2.45) is 5.10 Å². The summed E-state index contributed by atoms with van der Waals surface area (Å²) in [6.45, 7) is -0.157. The molecule has 0 saturated carbocycles. The Labute approximate surface area is 167 Å². The summed E-state index contributed by atoms with van der Waals surface area (Å²) in [6.07, 6.45) is 2.83. The van der Waals surface area contributed by atoms with Gasteiger partial charge < -0.3 is 25.7 Å². The summed E-state index contributed by atoms with van der Waals surface area (Å²) >= 11 is 3.35. The number of carbonyl (C=O) groups excluding carboxylic acids is 2. The van der Waals surface area contributed by atoms with Crippen molar-refractivity contribution in [1.82, 2.24) is 9.99 Å². The monoisotopic (exact) mass is 406 g/mol. The Kier molecular flexibility index (Phi) is 9.04. The molecule has 0 atom stereocenters. The Morgan fingerprint density at radius 3 is 2.50 bits per heavy atom. The molecule has 1 fully saturated rings.